The molecule has 4 heteroatoms. The third kappa shape index (κ3) is 2.86. The molecule has 88 valence electrons. The fourth-order valence-electron chi connectivity index (χ4n) is 1.97. The molecule has 0 aromatic carbocycles. The Kier molecular flexibility index (Phi) is 3.80. The second kappa shape index (κ2) is 5.33. The Balaban J connectivity index is 2.30. The summed E-state index contributed by atoms with van der Waals surface area (Å²) in [6, 6.07) is 4.12. The van der Waals surface area contributed by atoms with E-state index in [2.05, 4.69) is 11.1 Å². The Morgan fingerprint density at radius 2 is 2.29 bits per heavy atom. The van der Waals surface area contributed by atoms with Gasteiger partial charge in [0.05, 0.1) is 11.3 Å². The molecule has 0 saturated heterocycles. The summed E-state index contributed by atoms with van der Waals surface area (Å²) in [6.45, 7) is 1.55. The highest BCUT2D eigenvalue weighted by molar-refractivity contribution is 8.00. The van der Waals surface area contributed by atoms with Crippen molar-refractivity contribution in [2.45, 2.75) is 37.6 Å². The number of carbonyl (C=O) groups excluding carboxylic acids is 1. The molecule has 17 heavy (non-hydrogen) atoms. The minimum Gasteiger partial charge on any atom is -0.299 e. The molecule has 1 heterocycles. The fraction of sp³-hybridized carbons (Fsp3) is 0.462. The fourth-order valence-corrected chi connectivity index (χ4v) is 2.75. The predicted molar refractivity (Wildman–Crippen MR) is 67.0 cm³/mol. The zero-order valence-electron chi connectivity index (χ0n) is 9.82. The van der Waals surface area contributed by atoms with Crippen molar-refractivity contribution in [1.82, 2.24) is 4.98 Å². The van der Waals surface area contributed by atoms with Crippen molar-refractivity contribution in [1.29, 1.82) is 5.26 Å². The molecule has 3 nitrogen and oxygen atoms in total. The predicted octanol–water partition coefficient (Wildman–Crippen LogP) is 2.51. The topological polar surface area (TPSA) is 53.8 Å². The minimum atomic E-state index is 0.110. The van der Waals surface area contributed by atoms with Crippen LogP contribution < -0.4 is 0 Å². The van der Waals surface area contributed by atoms with Crippen LogP contribution >= 0.6 is 11.8 Å². The average molecular weight is 246 g/mol. The van der Waals surface area contributed by atoms with E-state index in [0.717, 1.165) is 18.5 Å². The number of hydrogen-bond donors (Lipinski definition) is 0. The summed E-state index contributed by atoms with van der Waals surface area (Å²) in [5.74, 6) is 0.499. The van der Waals surface area contributed by atoms with Gasteiger partial charge in [0.25, 0.3) is 0 Å². The van der Waals surface area contributed by atoms with Gasteiger partial charge in [-0.15, -0.1) is 0 Å². The molecule has 0 spiro atoms. The zero-order valence-corrected chi connectivity index (χ0v) is 10.6. The third-order valence-electron chi connectivity index (χ3n) is 2.80. The van der Waals surface area contributed by atoms with Gasteiger partial charge < -0.3 is 0 Å². The highest BCUT2D eigenvalue weighted by Gasteiger charge is 2.15. The van der Waals surface area contributed by atoms with Crippen molar-refractivity contribution in [2.75, 3.05) is 5.75 Å². The average Bonchev–Trinajstić information content (AvgIpc) is 2.35. The first kappa shape index (κ1) is 12.1. The standard InChI is InChI=1S/C13H14N2OS/c1-9(16)8-17-13-11(7-14)6-10-4-2-3-5-12(10)15-13/h6H,2-5,8H2,1H3. The first-order chi connectivity index (χ1) is 8.20. The molecule has 0 atom stereocenters. The van der Waals surface area contributed by atoms with Crippen LogP contribution in [0.3, 0.4) is 0 Å². The van der Waals surface area contributed by atoms with E-state index in [9.17, 15) is 4.79 Å². The molecule has 1 aliphatic rings. The van der Waals surface area contributed by atoms with Gasteiger partial charge in [-0.1, -0.05) is 11.8 Å². The van der Waals surface area contributed by atoms with E-state index >= 15 is 0 Å². The zero-order chi connectivity index (χ0) is 12.3. The van der Waals surface area contributed by atoms with Gasteiger partial charge in [0, 0.05) is 5.69 Å². The number of nitriles is 1. The minimum absolute atomic E-state index is 0.110. The molecule has 0 aliphatic heterocycles. The largest absolute Gasteiger partial charge is 0.299 e. The van der Waals surface area contributed by atoms with Crippen molar-refractivity contribution in [2.24, 2.45) is 0 Å². The van der Waals surface area contributed by atoms with Crippen molar-refractivity contribution in [3.63, 3.8) is 0 Å². The van der Waals surface area contributed by atoms with E-state index in [1.807, 2.05) is 6.07 Å². The maximum absolute atomic E-state index is 11.0. The van der Waals surface area contributed by atoms with Gasteiger partial charge in [-0.25, -0.2) is 4.98 Å². The second-order valence-electron chi connectivity index (χ2n) is 4.26. The summed E-state index contributed by atoms with van der Waals surface area (Å²) >= 11 is 1.37. The number of nitrogens with zero attached hydrogens (tertiary/aromatic N) is 2. The lowest BCUT2D eigenvalue weighted by Crippen LogP contribution is -2.07. The number of pyridine rings is 1. The van der Waals surface area contributed by atoms with Gasteiger partial charge in [0.1, 0.15) is 16.9 Å². The van der Waals surface area contributed by atoms with Crippen molar-refractivity contribution in [3.05, 3.63) is 22.9 Å². The number of ketones is 1. The molecular weight excluding hydrogens is 232 g/mol. The number of hydrogen-bond acceptors (Lipinski definition) is 4. The van der Waals surface area contributed by atoms with Crippen molar-refractivity contribution >= 4 is 17.5 Å². The molecule has 1 aromatic heterocycles. The van der Waals surface area contributed by atoms with Crippen LogP contribution in [0.1, 0.15) is 36.6 Å². The third-order valence-corrected chi connectivity index (χ3v) is 3.93. The number of aromatic nitrogens is 1. The Labute approximate surface area is 105 Å². The first-order valence-electron chi connectivity index (χ1n) is 5.76. The summed E-state index contributed by atoms with van der Waals surface area (Å²) in [7, 11) is 0. The van der Waals surface area contributed by atoms with Crippen LogP contribution in [0.25, 0.3) is 0 Å². The van der Waals surface area contributed by atoms with E-state index in [1.54, 1.807) is 6.92 Å². The van der Waals surface area contributed by atoms with Gasteiger partial charge in [-0.3, -0.25) is 4.79 Å². The molecule has 2 rings (SSSR count). The van der Waals surface area contributed by atoms with E-state index in [1.165, 1.54) is 30.2 Å². The quantitative estimate of drug-likeness (QED) is 0.769. The summed E-state index contributed by atoms with van der Waals surface area (Å²) < 4.78 is 0. The Morgan fingerprint density at radius 1 is 1.53 bits per heavy atom. The maximum Gasteiger partial charge on any atom is 0.140 e. The summed E-state index contributed by atoms with van der Waals surface area (Å²) in [6.07, 6.45) is 4.37. The number of carbonyl (C=O) groups is 1. The Hall–Kier alpha value is -1.34. The highest BCUT2D eigenvalue weighted by Crippen LogP contribution is 2.27. The second-order valence-corrected chi connectivity index (χ2v) is 5.22. The molecule has 0 amide bonds. The number of rotatable bonds is 3. The lowest BCUT2D eigenvalue weighted by Gasteiger charge is -2.16. The normalized spacial score (nSPS) is 13.9. The lowest BCUT2D eigenvalue weighted by atomic mass is 9.95. The van der Waals surface area contributed by atoms with Crippen LogP contribution in [0, 0.1) is 11.3 Å². The van der Waals surface area contributed by atoms with Gasteiger partial charge in [0.15, 0.2) is 0 Å². The molecule has 0 radical (unpaired) electrons. The number of Topliss-reactive ketones (excluding diaryl/α,β-unsaturated/α-hetero) is 1. The van der Waals surface area contributed by atoms with Gasteiger partial charge in [-0.05, 0) is 44.2 Å². The smallest absolute Gasteiger partial charge is 0.140 e. The number of fused-ring (bicyclic) bond motifs is 1. The molecule has 0 N–H and O–H groups in total. The summed E-state index contributed by atoms with van der Waals surface area (Å²) in [4.78, 5) is 15.5. The van der Waals surface area contributed by atoms with Crippen LogP contribution in [0.5, 0.6) is 0 Å². The highest BCUT2D eigenvalue weighted by atomic mass is 32.2. The molecule has 0 saturated carbocycles. The lowest BCUT2D eigenvalue weighted by molar-refractivity contribution is -0.114. The molecule has 0 fully saturated rings. The summed E-state index contributed by atoms with van der Waals surface area (Å²) in [5, 5.41) is 9.81. The Bertz CT molecular complexity index is 491. The molecule has 1 aromatic rings. The van der Waals surface area contributed by atoms with Crippen LogP contribution in [0.4, 0.5) is 0 Å². The van der Waals surface area contributed by atoms with Gasteiger partial charge in [-0.2, -0.15) is 5.26 Å². The first-order valence-corrected chi connectivity index (χ1v) is 6.74. The van der Waals surface area contributed by atoms with Crippen LogP contribution in [0.15, 0.2) is 11.1 Å². The molecule has 1 aliphatic carbocycles. The van der Waals surface area contributed by atoms with Crippen molar-refractivity contribution < 1.29 is 4.79 Å². The van der Waals surface area contributed by atoms with Gasteiger partial charge in [0.2, 0.25) is 0 Å². The SMILES string of the molecule is CC(=O)CSc1nc2c(cc1C#N)CCCC2. The molecule has 0 bridgehead atoms. The van der Waals surface area contributed by atoms with E-state index in [-0.39, 0.29) is 5.78 Å². The molecule has 0 unspecified atom stereocenters. The van der Waals surface area contributed by atoms with Gasteiger partial charge >= 0.3 is 0 Å². The van der Waals surface area contributed by atoms with E-state index in [0.29, 0.717) is 16.3 Å². The van der Waals surface area contributed by atoms with Crippen LogP contribution in [0.2, 0.25) is 0 Å². The molecular formula is C13H14N2OS. The maximum atomic E-state index is 11.0. The van der Waals surface area contributed by atoms with Crippen LogP contribution in [-0.4, -0.2) is 16.5 Å². The monoisotopic (exact) mass is 246 g/mol. The van der Waals surface area contributed by atoms with E-state index in [4.69, 9.17) is 5.26 Å². The Morgan fingerprint density at radius 3 is 3.00 bits per heavy atom. The van der Waals surface area contributed by atoms with E-state index < -0.39 is 0 Å². The van der Waals surface area contributed by atoms with Crippen LogP contribution in [-0.2, 0) is 17.6 Å². The summed E-state index contributed by atoms with van der Waals surface area (Å²) in [5.41, 5.74) is 2.93. The number of aryl methyl sites for hydroxylation is 2. The van der Waals surface area contributed by atoms with Crippen molar-refractivity contribution in [3.8, 4) is 6.07 Å². The number of thioether (sulfide) groups is 1.